The monoisotopic (exact) mass is 130 g/mol. The molecular weight excluding hydrogens is 124 g/mol. The lowest BCUT2D eigenvalue weighted by atomic mass is 10.3. The highest BCUT2D eigenvalue weighted by molar-refractivity contribution is 5.86. The fourth-order valence-electron chi connectivity index (χ4n) is 0.196. The number of ether oxygens (including phenoxy) is 1. The number of carbonyl (C=O) groups is 2. The smallest absolute Gasteiger partial charge is 0.334 e. The molecule has 0 unspecified atom stereocenters. The summed E-state index contributed by atoms with van der Waals surface area (Å²) in [6.45, 7) is 3.03. The normalized spacial score (nSPS) is 8.00. The van der Waals surface area contributed by atoms with Crippen molar-refractivity contribution in [2.75, 3.05) is 6.61 Å². The largest absolute Gasteiger partial charge is 0.478 e. The lowest BCUT2D eigenvalue weighted by Gasteiger charge is -1.94. The maximum Gasteiger partial charge on any atom is 0.334 e. The molecule has 0 aromatic rings. The van der Waals surface area contributed by atoms with E-state index in [1.165, 1.54) is 0 Å². The Hall–Kier alpha value is -1.32. The molecule has 0 radical (unpaired) electrons. The van der Waals surface area contributed by atoms with E-state index >= 15 is 0 Å². The molecule has 9 heavy (non-hydrogen) atoms. The van der Waals surface area contributed by atoms with Gasteiger partial charge in [0.2, 0.25) is 0 Å². The zero-order valence-electron chi connectivity index (χ0n) is 4.66. The van der Waals surface area contributed by atoms with Crippen LogP contribution in [-0.2, 0) is 14.3 Å². The van der Waals surface area contributed by atoms with Crippen LogP contribution >= 0.6 is 0 Å². The summed E-state index contributed by atoms with van der Waals surface area (Å²) in [7, 11) is 0. The van der Waals surface area contributed by atoms with Crippen LogP contribution in [0.2, 0.25) is 0 Å². The Morgan fingerprint density at radius 3 is 2.67 bits per heavy atom. The van der Waals surface area contributed by atoms with Crippen LogP contribution in [0, 0.1) is 0 Å². The van der Waals surface area contributed by atoms with Gasteiger partial charge in [0.1, 0.15) is 6.61 Å². The van der Waals surface area contributed by atoms with Gasteiger partial charge in [-0.2, -0.15) is 0 Å². The van der Waals surface area contributed by atoms with Crippen molar-refractivity contribution in [1.82, 2.24) is 0 Å². The number of carboxylic acid groups (broad SMARTS) is 1. The van der Waals surface area contributed by atoms with Gasteiger partial charge < -0.3 is 9.84 Å². The Morgan fingerprint density at radius 2 is 2.33 bits per heavy atom. The van der Waals surface area contributed by atoms with Crippen molar-refractivity contribution < 1.29 is 19.4 Å². The highest BCUT2D eigenvalue weighted by Gasteiger charge is 2.01. The SMILES string of the molecule is C=C(COC=O)C(=O)O. The van der Waals surface area contributed by atoms with Crippen molar-refractivity contribution in [3.63, 3.8) is 0 Å². The molecule has 0 rings (SSSR count). The first-order valence-electron chi connectivity index (χ1n) is 2.14. The molecule has 4 heteroatoms. The van der Waals surface area contributed by atoms with Crippen LogP contribution in [-0.4, -0.2) is 24.2 Å². The van der Waals surface area contributed by atoms with E-state index < -0.39 is 5.97 Å². The number of carbonyl (C=O) groups excluding carboxylic acids is 1. The minimum Gasteiger partial charge on any atom is -0.478 e. The van der Waals surface area contributed by atoms with Crippen LogP contribution in [0.25, 0.3) is 0 Å². The quantitative estimate of drug-likeness (QED) is 0.422. The second-order valence-electron chi connectivity index (χ2n) is 1.32. The Morgan fingerprint density at radius 1 is 1.78 bits per heavy atom. The minimum atomic E-state index is -1.16. The fraction of sp³-hybridized carbons (Fsp3) is 0.200. The van der Waals surface area contributed by atoms with Crippen molar-refractivity contribution in [2.24, 2.45) is 0 Å². The van der Waals surface area contributed by atoms with Crippen molar-refractivity contribution in [2.45, 2.75) is 0 Å². The zero-order valence-corrected chi connectivity index (χ0v) is 4.66. The molecule has 0 heterocycles. The highest BCUT2D eigenvalue weighted by atomic mass is 16.5. The number of rotatable bonds is 4. The predicted octanol–water partition coefficient (Wildman–Crippen LogP) is -0.200. The summed E-state index contributed by atoms with van der Waals surface area (Å²) in [5, 5.41) is 8.11. The molecule has 0 bridgehead atoms. The molecule has 0 saturated heterocycles. The lowest BCUT2D eigenvalue weighted by molar-refractivity contribution is -0.134. The Balaban J connectivity index is 3.51. The highest BCUT2D eigenvalue weighted by Crippen LogP contribution is 1.88. The summed E-state index contributed by atoms with van der Waals surface area (Å²) in [6.07, 6.45) is 0. The first kappa shape index (κ1) is 7.68. The van der Waals surface area contributed by atoms with Gasteiger partial charge >= 0.3 is 5.97 Å². The summed E-state index contributed by atoms with van der Waals surface area (Å²) in [6, 6.07) is 0. The van der Waals surface area contributed by atoms with E-state index in [0.717, 1.165) is 0 Å². The second-order valence-corrected chi connectivity index (χ2v) is 1.32. The number of aliphatic carboxylic acids is 1. The number of carboxylic acids is 1. The van der Waals surface area contributed by atoms with E-state index in [0.29, 0.717) is 0 Å². The summed E-state index contributed by atoms with van der Waals surface area (Å²) < 4.78 is 4.10. The fourth-order valence-corrected chi connectivity index (χ4v) is 0.196. The van der Waals surface area contributed by atoms with E-state index in [1.807, 2.05) is 0 Å². The molecule has 50 valence electrons. The predicted molar refractivity (Wildman–Crippen MR) is 28.8 cm³/mol. The third kappa shape index (κ3) is 3.28. The van der Waals surface area contributed by atoms with Gasteiger partial charge in [-0.1, -0.05) is 6.58 Å². The third-order valence-electron chi connectivity index (χ3n) is 0.628. The van der Waals surface area contributed by atoms with Crippen molar-refractivity contribution in [3.05, 3.63) is 12.2 Å². The molecule has 0 amide bonds. The number of hydrogen-bond acceptors (Lipinski definition) is 3. The average Bonchev–Trinajstić information content (AvgIpc) is 1.82. The van der Waals surface area contributed by atoms with Gasteiger partial charge in [-0.05, 0) is 0 Å². The van der Waals surface area contributed by atoms with Gasteiger partial charge in [-0.3, -0.25) is 4.79 Å². The van der Waals surface area contributed by atoms with E-state index in [1.54, 1.807) is 0 Å². The molecule has 0 atom stereocenters. The lowest BCUT2D eigenvalue weighted by Crippen LogP contribution is -2.05. The Kier molecular flexibility index (Phi) is 3.12. The molecule has 0 aliphatic rings. The van der Waals surface area contributed by atoms with Gasteiger partial charge in [0.05, 0.1) is 5.57 Å². The average molecular weight is 130 g/mol. The van der Waals surface area contributed by atoms with E-state index in [-0.39, 0.29) is 18.7 Å². The summed E-state index contributed by atoms with van der Waals surface area (Å²) in [5.41, 5.74) is -0.137. The third-order valence-corrected chi connectivity index (χ3v) is 0.628. The summed E-state index contributed by atoms with van der Waals surface area (Å²) in [5.74, 6) is -1.16. The van der Waals surface area contributed by atoms with Crippen LogP contribution in [0.15, 0.2) is 12.2 Å². The molecule has 0 aliphatic carbocycles. The molecular formula is C5H6O4. The molecule has 1 N–H and O–H groups in total. The van der Waals surface area contributed by atoms with Gasteiger partial charge in [-0.25, -0.2) is 4.79 Å². The van der Waals surface area contributed by atoms with Crippen LogP contribution in [0.5, 0.6) is 0 Å². The van der Waals surface area contributed by atoms with Crippen molar-refractivity contribution in [1.29, 1.82) is 0 Å². The zero-order chi connectivity index (χ0) is 7.28. The van der Waals surface area contributed by atoms with Crippen molar-refractivity contribution in [3.8, 4) is 0 Å². The van der Waals surface area contributed by atoms with Gasteiger partial charge in [0.15, 0.2) is 0 Å². The van der Waals surface area contributed by atoms with Gasteiger partial charge in [0, 0.05) is 0 Å². The Bertz CT molecular complexity index is 138. The van der Waals surface area contributed by atoms with E-state index in [4.69, 9.17) is 5.11 Å². The molecule has 0 saturated carbocycles. The summed E-state index contributed by atoms with van der Waals surface area (Å²) in [4.78, 5) is 19.4. The van der Waals surface area contributed by atoms with Crippen LogP contribution in [0.4, 0.5) is 0 Å². The molecule has 0 aromatic carbocycles. The van der Waals surface area contributed by atoms with Crippen LogP contribution in [0.1, 0.15) is 0 Å². The van der Waals surface area contributed by atoms with Crippen LogP contribution in [0.3, 0.4) is 0 Å². The molecule has 0 spiro atoms. The topological polar surface area (TPSA) is 63.6 Å². The molecule has 4 nitrogen and oxygen atoms in total. The maximum absolute atomic E-state index is 9.91. The summed E-state index contributed by atoms with van der Waals surface area (Å²) >= 11 is 0. The second kappa shape index (κ2) is 3.65. The molecule has 0 fully saturated rings. The van der Waals surface area contributed by atoms with Crippen molar-refractivity contribution >= 4 is 12.4 Å². The molecule has 0 aromatic heterocycles. The number of hydrogen-bond donors (Lipinski definition) is 1. The minimum absolute atomic E-state index is 0.137. The first-order chi connectivity index (χ1) is 4.18. The first-order valence-corrected chi connectivity index (χ1v) is 2.14. The van der Waals surface area contributed by atoms with Crippen LogP contribution < -0.4 is 0 Å². The van der Waals surface area contributed by atoms with Gasteiger partial charge in [0.25, 0.3) is 6.47 Å². The molecule has 0 aliphatic heterocycles. The van der Waals surface area contributed by atoms with Gasteiger partial charge in [-0.15, -0.1) is 0 Å². The standard InChI is InChI=1S/C5H6O4/c1-4(5(7)8)2-9-3-6/h3H,1-2H2,(H,7,8). The maximum atomic E-state index is 9.91. The Labute approximate surface area is 51.7 Å². The van der Waals surface area contributed by atoms with E-state index in [9.17, 15) is 9.59 Å². The van der Waals surface area contributed by atoms with E-state index in [2.05, 4.69) is 11.3 Å².